The molecule has 0 bridgehead atoms. The van der Waals surface area contributed by atoms with E-state index in [4.69, 9.17) is 5.73 Å². The molecule has 2 rings (SSSR count). The summed E-state index contributed by atoms with van der Waals surface area (Å²) in [6, 6.07) is 5.15. The number of benzene rings is 1. The lowest BCUT2D eigenvalue weighted by molar-refractivity contribution is -0.384. The van der Waals surface area contributed by atoms with Crippen molar-refractivity contribution in [2.24, 2.45) is 5.73 Å². The van der Waals surface area contributed by atoms with Crippen molar-refractivity contribution in [2.75, 3.05) is 0 Å². The summed E-state index contributed by atoms with van der Waals surface area (Å²) in [5.41, 5.74) is 6.28. The molecular weight excluding hydrogens is 282 g/mol. The number of sulfonamides is 1. The van der Waals surface area contributed by atoms with Gasteiger partial charge in [-0.2, -0.15) is 0 Å². The van der Waals surface area contributed by atoms with Crippen LogP contribution < -0.4 is 10.5 Å². The Labute approximate surface area is 117 Å². The first-order chi connectivity index (χ1) is 9.37. The van der Waals surface area contributed by atoms with Crippen LogP contribution in [0.4, 0.5) is 5.69 Å². The average Bonchev–Trinajstić information content (AvgIpc) is 2.74. The number of non-ortho nitro benzene ring substituents is 1. The second kappa shape index (κ2) is 5.86. The van der Waals surface area contributed by atoms with Gasteiger partial charge in [-0.3, -0.25) is 10.1 Å². The number of nitrogens with zero attached hydrogens (tertiary/aromatic N) is 1. The summed E-state index contributed by atoms with van der Waals surface area (Å²) in [5.74, 6) is -0.200. The van der Waals surface area contributed by atoms with Crippen LogP contribution in [0.15, 0.2) is 24.3 Å². The van der Waals surface area contributed by atoms with Gasteiger partial charge in [0.2, 0.25) is 10.0 Å². The highest BCUT2D eigenvalue weighted by Gasteiger charge is 2.28. The normalized spacial score (nSPS) is 22.9. The van der Waals surface area contributed by atoms with Crippen molar-refractivity contribution < 1.29 is 13.3 Å². The van der Waals surface area contributed by atoms with Gasteiger partial charge in [0.15, 0.2) is 0 Å². The van der Waals surface area contributed by atoms with Gasteiger partial charge in [0.1, 0.15) is 0 Å². The standard InChI is InChI=1S/C12H17N3O4S/c13-11-2-1-3-12(11)14-20(18,19)8-9-4-6-10(7-5-9)15(16)17/h4-7,11-12,14H,1-3,8,13H2. The molecule has 1 aromatic carbocycles. The minimum absolute atomic E-state index is 0.0584. The molecule has 1 aromatic rings. The van der Waals surface area contributed by atoms with Gasteiger partial charge in [0, 0.05) is 24.2 Å². The SMILES string of the molecule is NC1CCCC1NS(=O)(=O)Cc1ccc([N+](=O)[O-])cc1. The van der Waals surface area contributed by atoms with Crippen molar-refractivity contribution in [1.82, 2.24) is 4.72 Å². The molecule has 1 fully saturated rings. The molecule has 20 heavy (non-hydrogen) atoms. The highest BCUT2D eigenvalue weighted by atomic mass is 32.2. The van der Waals surface area contributed by atoms with E-state index < -0.39 is 14.9 Å². The zero-order valence-electron chi connectivity index (χ0n) is 10.9. The predicted molar refractivity (Wildman–Crippen MR) is 74.5 cm³/mol. The van der Waals surface area contributed by atoms with Crippen LogP contribution in [-0.2, 0) is 15.8 Å². The van der Waals surface area contributed by atoms with Crippen LogP contribution in [0, 0.1) is 10.1 Å². The van der Waals surface area contributed by atoms with Gasteiger partial charge >= 0.3 is 0 Å². The first kappa shape index (κ1) is 14.9. The van der Waals surface area contributed by atoms with Gasteiger partial charge in [0.05, 0.1) is 10.7 Å². The smallest absolute Gasteiger partial charge is 0.269 e. The van der Waals surface area contributed by atoms with E-state index in [0.29, 0.717) is 5.56 Å². The van der Waals surface area contributed by atoms with E-state index >= 15 is 0 Å². The molecule has 0 spiro atoms. The molecule has 2 atom stereocenters. The summed E-state index contributed by atoms with van der Waals surface area (Å²) in [4.78, 5) is 10.0. The average molecular weight is 299 g/mol. The Balaban J connectivity index is 2.02. The van der Waals surface area contributed by atoms with Crippen LogP contribution in [0.2, 0.25) is 0 Å². The molecule has 110 valence electrons. The highest BCUT2D eigenvalue weighted by Crippen LogP contribution is 2.19. The van der Waals surface area contributed by atoms with Crippen LogP contribution >= 0.6 is 0 Å². The molecule has 2 unspecified atom stereocenters. The molecular formula is C12H17N3O4S. The molecule has 7 nitrogen and oxygen atoms in total. The van der Waals surface area contributed by atoms with Crippen molar-refractivity contribution >= 4 is 15.7 Å². The lowest BCUT2D eigenvalue weighted by Gasteiger charge is -2.17. The van der Waals surface area contributed by atoms with Gasteiger partial charge in [-0.25, -0.2) is 13.1 Å². The fraction of sp³-hybridized carbons (Fsp3) is 0.500. The Morgan fingerprint density at radius 1 is 1.30 bits per heavy atom. The van der Waals surface area contributed by atoms with Crippen molar-refractivity contribution in [3.63, 3.8) is 0 Å². The third-order valence-corrected chi connectivity index (χ3v) is 4.78. The quantitative estimate of drug-likeness (QED) is 0.619. The van der Waals surface area contributed by atoms with E-state index in [1.54, 1.807) is 0 Å². The molecule has 0 aliphatic heterocycles. The molecule has 0 aromatic heterocycles. The number of hydrogen-bond acceptors (Lipinski definition) is 5. The fourth-order valence-corrected chi connectivity index (χ4v) is 3.81. The Morgan fingerprint density at radius 2 is 1.95 bits per heavy atom. The molecule has 0 heterocycles. The predicted octanol–water partition coefficient (Wildman–Crippen LogP) is 0.894. The summed E-state index contributed by atoms with van der Waals surface area (Å²) < 4.78 is 26.6. The molecule has 1 saturated carbocycles. The number of hydrogen-bond donors (Lipinski definition) is 2. The second-order valence-corrected chi connectivity index (χ2v) is 6.76. The van der Waals surface area contributed by atoms with E-state index in [1.807, 2.05) is 0 Å². The van der Waals surface area contributed by atoms with Crippen LogP contribution in [-0.4, -0.2) is 25.4 Å². The minimum atomic E-state index is -3.48. The number of nitrogens with one attached hydrogen (secondary N) is 1. The third kappa shape index (κ3) is 3.75. The maximum Gasteiger partial charge on any atom is 0.269 e. The van der Waals surface area contributed by atoms with Crippen molar-refractivity contribution in [1.29, 1.82) is 0 Å². The van der Waals surface area contributed by atoms with Gasteiger partial charge in [0.25, 0.3) is 5.69 Å². The Hall–Kier alpha value is -1.51. The van der Waals surface area contributed by atoms with Crippen LogP contribution in [0.5, 0.6) is 0 Å². The van der Waals surface area contributed by atoms with Crippen molar-refractivity contribution in [3.8, 4) is 0 Å². The first-order valence-electron chi connectivity index (χ1n) is 6.36. The number of nitro benzene ring substituents is 1. The number of nitro groups is 1. The van der Waals surface area contributed by atoms with Crippen LogP contribution in [0.25, 0.3) is 0 Å². The van der Waals surface area contributed by atoms with Crippen LogP contribution in [0.1, 0.15) is 24.8 Å². The molecule has 1 aliphatic rings. The van der Waals surface area contributed by atoms with Crippen LogP contribution in [0.3, 0.4) is 0 Å². The summed E-state index contributed by atoms with van der Waals surface area (Å²) in [7, 11) is -3.48. The largest absolute Gasteiger partial charge is 0.326 e. The zero-order chi connectivity index (χ0) is 14.8. The van der Waals surface area contributed by atoms with E-state index in [-0.39, 0.29) is 23.5 Å². The lowest BCUT2D eigenvalue weighted by atomic mass is 10.2. The van der Waals surface area contributed by atoms with Gasteiger partial charge in [-0.1, -0.05) is 18.6 Å². The van der Waals surface area contributed by atoms with Gasteiger partial charge < -0.3 is 5.73 Å². The summed E-state index contributed by atoms with van der Waals surface area (Å²) in [6.45, 7) is 0. The van der Waals surface area contributed by atoms with Gasteiger partial charge in [-0.05, 0) is 18.4 Å². The summed E-state index contributed by atoms with van der Waals surface area (Å²) in [6.07, 6.45) is 2.50. The monoisotopic (exact) mass is 299 g/mol. The van der Waals surface area contributed by atoms with E-state index in [9.17, 15) is 18.5 Å². The van der Waals surface area contributed by atoms with Gasteiger partial charge in [-0.15, -0.1) is 0 Å². The number of nitrogens with two attached hydrogens (primary N) is 1. The topological polar surface area (TPSA) is 115 Å². The van der Waals surface area contributed by atoms with Crippen molar-refractivity contribution in [2.45, 2.75) is 37.1 Å². The lowest BCUT2D eigenvalue weighted by Crippen LogP contribution is -2.44. The Kier molecular flexibility index (Phi) is 4.36. The third-order valence-electron chi connectivity index (χ3n) is 3.40. The number of rotatable bonds is 5. The minimum Gasteiger partial charge on any atom is -0.326 e. The summed E-state index contributed by atoms with van der Waals surface area (Å²) in [5, 5.41) is 10.5. The molecule has 0 saturated heterocycles. The molecule has 0 amide bonds. The fourth-order valence-electron chi connectivity index (χ4n) is 2.34. The maximum absolute atomic E-state index is 12.0. The maximum atomic E-state index is 12.0. The molecule has 8 heteroatoms. The van der Waals surface area contributed by atoms with E-state index in [0.717, 1.165) is 19.3 Å². The Morgan fingerprint density at radius 3 is 2.45 bits per heavy atom. The zero-order valence-corrected chi connectivity index (χ0v) is 11.7. The molecule has 0 radical (unpaired) electrons. The summed E-state index contributed by atoms with van der Waals surface area (Å²) >= 11 is 0. The highest BCUT2D eigenvalue weighted by molar-refractivity contribution is 7.88. The second-order valence-electron chi connectivity index (χ2n) is 5.00. The molecule has 3 N–H and O–H groups in total. The van der Waals surface area contributed by atoms with E-state index in [1.165, 1.54) is 24.3 Å². The molecule has 1 aliphatic carbocycles. The van der Waals surface area contributed by atoms with E-state index in [2.05, 4.69) is 4.72 Å². The van der Waals surface area contributed by atoms with Crippen molar-refractivity contribution in [3.05, 3.63) is 39.9 Å². The first-order valence-corrected chi connectivity index (χ1v) is 8.01. The Bertz CT molecular complexity index is 585.